The first-order valence-electron chi connectivity index (χ1n) is 3.65. The van der Waals surface area contributed by atoms with Crippen LogP contribution in [0.15, 0.2) is 0 Å². The summed E-state index contributed by atoms with van der Waals surface area (Å²) in [6.07, 6.45) is 1.00. The molecule has 66 valence electrons. The Hall–Kier alpha value is -0.260. The normalized spacial score (nSPS) is 9.91. The van der Waals surface area contributed by atoms with Gasteiger partial charge in [-0.05, 0) is 19.5 Å². The summed E-state index contributed by atoms with van der Waals surface area (Å²) >= 11 is 1.36. The van der Waals surface area contributed by atoms with Crippen molar-refractivity contribution in [3.05, 3.63) is 0 Å². The minimum Gasteiger partial charge on any atom is -0.379 e. The molecule has 0 saturated carbocycles. The van der Waals surface area contributed by atoms with Crippen molar-refractivity contribution in [2.24, 2.45) is 11.5 Å². The van der Waals surface area contributed by atoms with Crippen LogP contribution in [0.1, 0.15) is 6.42 Å². The van der Waals surface area contributed by atoms with Gasteiger partial charge in [-0.15, -0.1) is 0 Å². The second-order valence-corrected chi connectivity index (χ2v) is 3.24. The number of thioether (sulfide) groups is 1. The van der Waals surface area contributed by atoms with Gasteiger partial charge in [0, 0.05) is 12.3 Å². The highest BCUT2D eigenvalue weighted by Crippen LogP contribution is 1.94. The topological polar surface area (TPSA) is 87.9 Å². The molecule has 5 heteroatoms. The lowest BCUT2D eigenvalue weighted by Gasteiger charge is -2.01. The van der Waals surface area contributed by atoms with Crippen LogP contribution in [0.25, 0.3) is 0 Å². The molecule has 0 saturated heterocycles. The maximum atomic E-state index is 6.90. The second-order valence-electron chi connectivity index (χ2n) is 2.10. The number of hydrogen-bond donors (Lipinski definition) is 4. The zero-order chi connectivity index (χ0) is 8.53. The van der Waals surface area contributed by atoms with Gasteiger partial charge in [0.25, 0.3) is 0 Å². The van der Waals surface area contributed by atoms with Crippen molar-refractivity contribution in [2.45, 2.75) is 6.42 Å². The fourth-order valence-electron chi connectivity index (χ4n) is 0.585. The van der Waals surface area contributed by atoms with Crippen molar-refractivity contribution < 1.29 is 0 Å². The molecule has 4 nitrogen and oxygen atoms in total. The Balaban J connectivity index is 2.85. The van der Waals surface area contributed by atoms with Gasteiger partial charge in [-0.1, -0.05) is 11.8 Å². The first kappa shape index (κ1) is 10.7. The van der Waals surface area contributed by atoms with E-state index in [0.717, 1.165) is 31.8 Å². The largest absolute Gasteiger partial charge is 0.379 e. The van der Waals surface area contributed by atoms with Crippen LogP contribution in [0.3, 0.4) is 0 Å². The van der Waals surface area contributed by atoms with Crippen molar-refractivity contribution in [2.75, 3.05) is 25.4 Å². The Bertz CT molecular complexity index is 107. The van der Waals surface area contributed by atoms with E-state index in [2.05, 4.69) is 5.32 Å². The van der Waals surface area contributed by atoms with E-state index < -0.39 is 0 Å². The average molecular weight is 176 g/mol. The summed E-state index contributed by atoms with van der Waals surface area (Å²) in [5.74, 6) is 0.861. The van der Waals surface area contributed by atoms with Crippen molar-refractivity contribution in [3.63, 3.8) is 0 Å². The third-order valence-electron chi connectivity index (χ3n) is 1.09. The Morgan fingerprint density at radius 3 is 2.73 bits per heavy atom. The monoisotopic (exact) mass is 176 g/mol. The molecule has 0 aliphatic heterocycles. The standard InChI is InChI=1S/C6H16N4S/c7-2-1-3-10-4-5-11-6(8)9/h10H,1-5,7H2,(H3,8,9). The molecule has 0 bridgehead atoms. The predicted octanol–water partition coefficient (Wildman–Crippen LogP) is -0.449. The molecule has 0 aliphatic carbocycles. The fourth-order valence-corrected chi connectivity index (χ4v) is 1.05. The summed E-state index contributed by atoms with van der Waals surface area (Å²) in [5.41, 5.74) is 10.4. The quantitative estimate of drug-likeness (QED) is 0.251. The Labute approximate surface area is 71.6 Å². The van der Waals surface area contributed by atoms with E-state index >= 15 is 0 Å². The molecule has 6 N–H and O–H groups in total. The van der Waals surface area contributed by atoms with Gasteiger partial charge in [0.1, 0.15) is 0 Å². The minimum atomic E-state index is 0.186. The Kier molecular flexibility index (Phi) is 7.66. The molecule has 0 rings (SSSR count). The molecule has 11 heavy (non-hydrogen) atoms. The number of rotatable bonds is 6. The number of hydrogen-bond acceptors (Lipinski definition) is 4. The Morgan fingerprint density at radius 2 is 2.18 bits per heavy atom. The molecular formula is C6H16N4S. The second kappa shape index (κ2) is 7.84. The van der Waals surface area contributed by atoms with Crippen molar-refractivity contribution in [1.82, 2.24) is 5.32 Å². The highest BCUT2D eigenvalue weighted by Gasteiger charge is 1.89. The third kappa shape index (κ3) is 9.74. The SMILES string of the molecule is N=C(N)SCCNCCCN. The lowest BCUT2D eigenvalue weighted by Crippen LogP contribution is -2.21. The number of nitrogens with one attached hydrogen (secondary N) is 2. The van der Waals surface area contributed by atoms with Crippen molar-refractivity contribution in [3.8, 4) is 0 Å². The fraction of sp³-hybridized carbons (Fsp3) is 0.833. The van der Waals surface area contributed by atoms with Crippen LogP contribution >= 0.6 is 11.8 Å². The van der Waals surface area contributed by atoms with Gasteiger partial charge in [0.2, 0.25) is 0 Å². The highest BCUT2D eigenvalue weighted by atomic mass is 32.2. The first-order chi connectivity index (χ1) is 5.27. The van der Waals surface area contributed by atoms with Crippen molar-refractivity contribution >= 4 is 16.9 Å². The molecule has 0 radical (unpaired) electrons. The van der Waals surface area contributed by atoms with Gasteiger partial charge in [-0.3, -0.25) is 5.41 Å². The molecule has 0 heterocycles. The van der Waals surface area contributed by atoms with Crippen LogP contribution in [0.5, 0.6) is 0 Å². The molecule has 0 aromatic carbocycles. The Morgan fingerprint density at radius 1 is 1.45 bits per heavy atom. The molecule has 0 spiro atoms. The summed E-state index contributed by atoms with van der Waals surface area (Å²) in [4.78, 5) is 0. The van der Waals surface area contributed by atoms with E-state index in [4.69, 9.17) is 16.9 Å². The van der Waals surface area contributed by atoms with Gasteiger partial charge in [-0.25, -0.2) is 0 Å². The maximum absolute atomic E-state index is 6.90. The minimum absolute atomic E-state index is 0.186. The molecule has 0 aromatic heterocycles. The molecule has 0 atom stereocenters. The van der Waals surface area contributed by atoms with Gasteiger partial charge >= 0.3 is 0 Å². The van der Waals surface area contributed by atoms with E-state index in [0.29, 0.717) is 0 Å². The third-order valence-corrected chi connectivity index (χ3v) is 1.81. The van der Waals surface area contributed by atoms with E-state index in [1.165, 1.54) is 11.8 Å². The van der Waals surface area contributed by atoms with E-state index in [9.17, 15) is 0 Å². The molecular weight excluding hydrogens is 160 g/mol. The average Bonchev–Trinajstić information content (AvgIpc) is 1.96. The summed E-state index contributed by atoms with van der Waals surface area (Å²) in [6.45, 7) is 2.58. The molecule has 0 aromatic rings. The zero-order valence-electron chi connectivity index (χ0n) is 6.60. The number of amidine groups is 1. The van der Waals surface area contributed by atoms with Gasteiger partial charge in [0.15, 0.2) is 5.17 Å². The molecule has 0 aliphatic rings. The van der Waals surface area contributed by atoms with Crippen LogP contribution in [0.2, 0.25) is 0 Å². The van der Waals surface area contributed by atoms with Gasteiger partial charge in [0.05, 0.1) is 0 Å². The van der Waals surface area contributed by atoms with Crippen LogP contribution in [0.4, 0.5) is 0 Å². The molecule has 0 amide bonds. The lowest BCUT2D eigenvalue weighted by atomic mass is 10.4. The highest BCUT2D eigenvalue weighted by molar-refractivity contribution is 8.13. The van der Waals surface area contributed by atoms with Crippen LogP contribution in [-0.2, 0) is 0 Å². The van der Waals surface area contributed by atoms with Crippen LogP contribution in [0, 0.1) is 5.41 Å². The summed E-state index contributed by atoms with van der Waals surface area (Å²) in [5, 5.41) is 10.3. The maximum Gasteiger partial charge on any atom is 0.151 e. The first-order valence-corrected chi connectivity index (χ1v) is 4.63. The summed E-state index contributed by atoms with van der Waals surface area (Å²) in [7, 11) is 0. The van der Waals surface area contributed by atoms with Gasteiger partial charge < -0.3 is 16.8 Å². The van der Waals surface area contributed by atoms with E-state index in [-0.39, 0.29) is 5.17 Å². The zero-order valence-corrected chi connectivity index (χ0v) is 7.41. The lowest BCUT2D eigenvalue weighted by molar-refractivity contribution is 0.683. The molecule has 0 unspecified atom stereocenters. The van der Waals surface area contributed by atoms with Crippen LogP contribution < -0.4 is 16.8 Å². The molecule has 0 fully saturated rings. The predicted molar refractivity (Wildman–Crippen MR) is 50.9 cm³/mol. The van der Waals surface area contributed by atoms with Crippen molar-refractivity contribution in [1.29, 1.82) is 5.41 Å². The van der Waals surface area contributed by atoms with E-state index in [1.54, 1.807) is 0 Å². The smallest absolute Gasteiger partial charge is 0.151 e. The van der Waals surface area contributed by atoms with Crippen LogP contribution in [-0.4, -0.2) is 30.6 Å². The van der Waals surface area contributed by atoms with Gasteiger partial charge in [-0.2, -0.15) is 0 Å². The van der Waals surface area contributed by atoms with E-state index in [1.807, 2.05) is 0 Å². The summed E-state index contributed by atoms with van der Waals surface area (Å²) in [6, 6.07) is 0. The summed E-state index contributed by atoms with van der Waals surface area (Å²) < 4.78 is 0. The number of nitrogens with two attached hydrogens (primary N) is 2.